The van der Waals surface area contributed by atoms with Crippen molar-refractivity contribution >= 4 is 11.9 Å². The van der Waals surface area contributed by atoms with E-state index in [1.165, 1.54) is 19.4 Å². The van der Waals surface area contributed by atoms with Crippen LogP contribution >= 0.6 is 0 Å². The molecule has 0 spiro atoms. The smallest absolute Gasteiger partial charge is 0.406 e. The number of nitrogens with zero attached hydrogens (tertiary/aromatic N) is 3. The van der Waals surface area contributed by atoms with Gasteiger partial charge in [-0.25, -0.2) is 4.98 Å². The fraction of sp³-hybridized carbons (Fsp3) is 0.545. The number of hydrogen-bond acceptors (Lipinski definition) is 5. The standard InChI is InChI=1S/C11H13F3N4O2/c1-20-8-2-4-15-10(17-8)16-7-3-5-18(9(7)19)6-11(12,13)14/h2,4,7H,3,5-6H2,1H3,(H,15,16,17). The molecule has 1 saturated heterocycles. The zero-order valence-corrected chi connectivity index (χ0v) is 10.6. The van der Waals surface area contributed by atoms with Crippen LogP contribution in [0.4, 0.5) is 19.1 Å². The maximum Gasteiger partial charge on any atom is 0.406 e. The van der Waals surface area contributed by atoms with Gasteiger partial charge in [0.1, 0.15) is 12.6 Å². The third-order valence-corrected chi connectivity index (χ3v) is 2.81. The molecule has 0 bridgehead atoms. The van der Waals surface area contributed by atoms with Gasteiger partial charge in [-0.2, -0.15) is 18.2 Å². The highest BCUT2D eigenvalue weighted by Crippen LogP contribution is 2.22. The second kappa shape index (κ2) is 5.51. The second-order valence-corrected chi connectivity index (χ2v) is 4.28. The van der Waals surface area contributed by atoms with Crippen LogP contribution in [0.25, 0.3) is 0 Å². The number of anilines is 1. The maximum atomic E-state index is 12.3. The van der Waals surface area contributed by atoms with Gasteiger partial charge in [-0.1, -0.05) is 0 Å². The lowest BCUT2D eigenvalue weighted by Gasteiger charge is -2.18. The number of likely N-dealkylation sites (tertiary alicyclic amines) is 1. The zero-order chi connectivity index (χ0) is 14.8. The quantitative estimate of drug-likeness (QED) is 0.898. The molecule has 9 heteroatoms. The molecule has 1 N–H and O–H groups in total. The van der Waals surface area contributed by atoms with Crippen LogP contribution in [-0.4, -0.2) is 53.2 Å². The number of hydrogen-bond donors (Lipinski definition) is 1. The summed E-state index contributed by atoms with van der Waals surface area (Å²) in [5, 5.41) is 2.72. The van der Waals surface area contributed by atoms with E-state index in [0.29, 0.717) is 5.88 Å². The van der Waals surface area contributed by atoms with E-state index in [4.69, 9.17) is 4.74 Å². The van der Waals surface area contributed by atoms with Gasteiger partial charge in [0.2, 0.25) is 17.7 Å². The van der Waals surface area contributed by atoms with Crippen molar-refractivity contribution in [2.24, 2.45) is 0 Å². The first-order chi connectivity index (χ1) is 9.39. The molecule has 2 rings (SSSR count). The number of amides is 1. The van der Waals surface area contributed by atoms with Gasteiger partial charge in [0.15, 0.2) is 0 Å². The van der Waals surface area contributed by atoms with Crippen molar-refractivity contribution in [3.63, 3.8) is 0 Å². The van der Waals surface area contributed by atoms with Gasteiger partial charge < -0.3 is 15.0 Å². The van der Waals surface area contributed by atoms with Gasteiger partial charge in [0.05, 0.1) is 7.11 Å². The summed E-state index contributed by atoms with van der Waals surface area (Å²) < 4.78 is 41.7. The Hall–Kier alpha value is -2.06. The molecule has 0 aliphatic carbocycles. The highest BCUT2D eigenvalue weighted by atomic mass is 19.4. The summed E-state index contributed by atoms with van der Waals surface area (Å²) in [7, 11) is 1.43. The summed E-state index contributed by atoms with van der Waals surface area (Å²) >= 11 is 0. The predicted molar refractivity (Wildman–Crippen MR) is 63.2 cm³/mol. The molecule has 1 fully saturated rings. The Morgan fingerprint density at radius 2 is 2.30 bits per heavy atom. The first-order valence-corrected chi connectivity index (χ1v) is 5.88. The van der Waals surface area contributed by atoms with Crippen molar-refractivity contribution in [3.05, 3.63) is 12.3 Å². The third-order valence-electron chi connectivity index (χ3n) is 2.81. The van der Waals surface area contributed by atoms with E-state index in [1.807, 2.05) is 0 Å². The van der Waals surface area contributed by atoms with Gasteiger partial charge in [-0.3, -0.25) is 4.79 Å². The Balaban J connectivity index is 1.99. The van der Waals surface area contributed by atoms with Crippen LogP contribution in [0.15, 0.2) is 12.3 Å². The van der Waals surface area contributed by atoms with E-state index in [9.17, 15) is 18.0 Å². The molecule has 2 heterocycles. The van der Waals surface area contributed by atoms with Crippen LogP contribution in [-0.2, 0) is 4.79 Å². The number of halogens is 3. The van der Waals surface area contributed by atoms with Crippen LogP contribution in [0.2, 0.25) is 0 Å². The van der Waals surface area contributed by atoms with Crippen LogP contribution in [0.1, 0.15) is 6.42 Å². The summed E-state index contributed by atoms with van der Waals surface area (Å²) in [6, 6.07) is 0.780. The van der Waals surface area contributed by atoms with Crippen molar-refractivity contribution < 1.29 is 22.7 Å². The zero-order valence-electron chi connectivity index (χ0n) is 10.6. The van der Waals surface area contributed by atoms with E-state index < -0.39 is 24.7 Å². The monoisotopic (exact) mass is 290 g/mol. The van der Waals surface area contributed by atoms with Gasteiger partial charge in [-0.05, 0) is 6.42 Å². The molecule has 1 aliphatic rings. The Kier molecular flexibility index (Phi) is 3.96. The topological polar surface area (TPSA) is 67.3 Å². The van der Waals surface area contributed by atoms with Crippen LogP contribution in [0.3, 0.4) is 0 Å². The van der Waals surface area contributed by atoms with Gasteiger partial charge in [0, 0.05) is 18.8 Å². The number of rotatable bonds is 4. The lowest BCUT2D eigenvalue weighted by Crippen LogP contribution is -2.39. The number of alkyl halides is 3. The van der Waals surface area contributed by atoms with Crippen LogP contribution in [0, 0.1) is 0 Å². The first-order valence-electron chi connectivity index (χ1n) is 5.88. The minimum absolute atomic E-state index is 0.0555. The number of aromatic nitrogens is 2. The normalized spacial score (nSPS) is 19.3. The number of ether oxygens (including phenoxy) is 1. The molecule has 1 aromatic rings. The lowest BCUT2D eigenvalue weighted by molar-refractivity contribution is -0.157. The highest BCUT2D eigenvalue weighted by molar-refractivity contribution is 5.86. The number of methoxy groups -OCH3 is 1. The molecule has 0 aromatic carbocycles. The van der Waals surface area contributed by atoms with Crippen LogP contribution in [0.5, 0.6) is 5.88 Å². The molecule has 1 amide bonds. The fourth-order valence-electron chi connectivity index (χ4n) is 1.93. The Bertz CT molecular complexity index is 495. The molecule has 0 saturated carbocycles. The first kappa shape index (κ1) is 14.4. The molecule has 20 heavy (non-hydrogen) atoms. The summed E-state index contributed by atoms with van der Waals surface area (Å²) in [6.45, 7) is -1.18. The number of carbonyl (C=O) groups is 1. The molecule has 110 valence electrons. The molecule has 1 unspecified atom stereocenters. The lowest BCUT2D eigenvalue weighted by atomic mass is 10.2. The Morgan fingerprint density at radius 1 is 1.55 bits per heavy atom. The van der Waals surface area contributed by atoms with E-state index >= 15 is 0 Å². The van der Waals surface area contributed by atoms with E-state index in [2.05, 4.69) is 15.3 Å². The third kappa shape index (κ3) is 3.49. The average Bonchev–Trinajstić information content (AvgIpc) is 2.70. The van der Waals surface area contributed by atoms with Crippen LogP contribution < -0.4 is 10.1 Å². The molecule has 0 radical (unpaired) electrons. The number of nitrogens with one attached hydrogen (secondary N) is 1. The minimum Gasteiger partial charge on any atom is -0.481 e. The number of carbonyl (C=O) groups excluding carboxylic acids is 1. The summed E-state index contributed by atoms with van der Waals surface area (Å²) in [4.78, 5) is 20.4. The molecular formula is C11H13F3N4O2. The SMILES string of the molecule is COc1ccnc(NC2CCN(CC(F)(F)F)C2=O)n1. The van der Waals surface area contributed by atoms with Crippen molar-refractivity contribution in [3.8, 4) is 5.88 Å². The second-order valence-electron chi connectivity index (χ2n) is 4.28. The average molecular weight is 290 g/mol. The molecule has 1 aromatic heterocycles. The van der Waals surface area contributed by atoms with E-state index in [0.717, 1.165) is 4.90 Å². The van der Waals surface area contributed by atoms with Gasteiger partial charge in [-0.15, -0.1) is 0 Å². The summed E-state index contributed by atoms with van der Waals surface area (Å²) in [5.74, 6) is -0.148. The van der Waals surface area contributed by atoms with E-state index in [1.54, 1.807) is 0 Å². The molecular weight excluding hydrogens is 277 g/mol. The molecule has 1 aliphatic heterocycles. The maximum absolute atomic E-state index is 12.3. The summed E-state index contributed by atoms with van der Waals surface area (Å²) in [5.41, 5.74) is 0. The minimum atomic E-state index is -4.39. The summed E-state index contributed by atoms with van der Waals surface area (Å²) in [6.07, 6.45) is -2.69. The highest BCUT2D eigenvalue weighted by Gasteiger charge is 2.39. The Morgan fingerprint density at radius 3 is 2.95 bits per heavy atom. The van der Waals surface area contributed by atoms with Crippen molar-refractivity contribution in [2.75, 3.05) is 25.5 Å². The molecule has 1 atom stereocenters. The van der Waals surface area contributed by atoms with E-state index in [-0.39, 0.29) is 18.9 Å². The predicted octanol–water partition coefficient (Wildman–Crippen LogP) is 1.06. The van der Waals surface area contributed by atoms with Crippen molar-refractivity contribution in [1.82, 2.24) is 14.9 Å². The fourth-order valence-corrected chi connectivity index (χ4v) is 1.93. The van der Waals surface area contributed by atoms with Gasteiger partial charge in [0.25, 0.3) is 0 Å². The molecule has 6 nitrogen and oxygen atoms in total. The van der Waals surface area contributed by atoms with Crippen molar-refractivity contribution in [2.45, 2.75) is 18.6 Å². The van der Waals surface area contributed by atoms with Gasteiger partial charge >= 0.3 is 6.18 Å². The largest absolute Gasteiger partial charge is 0.481 e. The van der Waals surface area contributed by atoms with Crippen molar-refractivity contribution in [1.29, 1.82) is 0 Å². The Labute approximate surface area is 113 Å².